The molecule has 0 amide bonds. The van der Waals surface area contributed by atoms with Crippen molar-refractivity contribution in [2.75, 3.05) is 18.8 Å². The summed E-state index contributed by atoms with van der Waals surface area (Å²) in [7, 11) is 0. The van der Waals surface area contributed by atoms with E-state index in [2.05, 4.69) is 26.0 Å². The van der Waals surface area contributed by atoms with Crippen LogP contribution in [0, 0.1) is 6.92 Å². The van der Waals surface area contributed by atoms with Crippen LogP contribution in [0.1, 0.15) is 25.5 Å². The fourth-order valence-corrected chi connectivity index (χ4v) is 2.05. The number of hydrogen-bond donors (Lipinski definition) is 2. The summed E-state index contributed by atoms with van der Waals surface area (Å²) in [4.78, 5) is 8.33. The van der Waals surface area contributed by atoms with Crippen LogP contribution in [-0.2, 0) is 0 Å². The Kier molecular flexibility index (Phi) is 3.28. The molecule has 1 saturated heterocycles. The lowest BCUT2D eigenvalue weighted by molar-refractivity contribution is 0.350. The van der Waals surface area contributed by atoms with Gasteiger partial charge in [0.15, 0.2) is 0 Å². The lowest BCUT2D eigenvalue weighted by atomic mass is 10.2. The standard InChI is InChI=1S/C10H13N5.C2H6/c1-6-4-15(7-2-12-3-7)10-8(6)9(11)13-5-14-10;1-2/h4-5,7,12H,2-3H2,1H3,(H2,11,13,14);1-2H3. The lowest BCUT2D eigenvalue weighted by Gasteiger charge is -2.28. The van der Waals surface area contributed by atoms with Gasteiger partial charge in [0.05, 0.1) is 11.4 Å². The van der Waals surface area contributed by atoms with Crippen LogP contribution in [0.25, 0.3) is 11.0 Å². The van der Waals surface area contributed by atoms with E-state index in [0.29, 0.717) is 11.9 Å². The highest BCUT2D eigenvalue weighted by molar-refractivity contribution is 5.89. The summed E-state index contributed by atoms with van der Waals surface area (Å²) in [6, 6.07) is 0.510. The van der Waals surface area contributed by atoms with Gasteiger partial charge >= 0.3 is 0 Å². The number of nitrogens with one attached hydrogen (secondary N) is 1. The Morgan fingerprint density at radius 1 is 1.35 bits per heavy atom. The molecule has 0 radical (unpaired) electrons. The zero-order valence-corrected chi connectivity index (χ0v) is 10.6. The van der Waals surface area contributed by atoms with Gasteiger partial charge in [-0.25, -0.2) is 9.97 Å². The zero-order valence-electron chi connectivity index (χ0n) is 10.6. The summed E-state index contributed by atoms with van der Waals surface area (Å²) in [6.45, 7) is 8.06. The molecule has 0 saturated carbocycles. The molecule has 2 aromatic heterocycles. The summed E-state index contributed by atoms with van der Waals surface area (Å²) in [5, 5.41) is 4.24. The fourth-order valence-electron chi connectivity index (χ4n) is 2.05. The van der Waals surface area contributed by atoms with Crippen molar-refractivity contribution in [3.8, 4) is 0 Å². The van der Waals surface area contributed by atoms with Gasteiger partial charge in [-0.3, -0.25) is 0 Å². The van der Waals surface area contributed by atoms with Crippen LogP contribution in [0.4, 0.5) is 5.82 Å². The molecule has 0 unspecified atom stereocenters. The van der Waals surface area contributed by atoms with Crippen LogP contribution in [-0.4, -0.2) is 27.6 Å². The third-order valence-corrected chi connectivity index (χ3v) is 2.98. The number of rotatable bonds is 1. The molecule has 1 aliphatic rings. The summed E-state index contributed by atoms with van der Waals surface area (Å²) in [5.74, 6) is 0.573. The average Bonchev–Trinajstić information content (AvgIpc) is 2.58. The van der Waals surface area contributed by atoms with Gasteiger partial charge in [0.2, 0.25) is 0 Å². The highest BCUT2D eigenvalue weighted by Crippen LogP contribution is 2.26. The van der Waals surface area contributed by atoms with E-state index in [4.69, 9.17) is 5.73 Å². The largest absolute Gasteiger partial charge is 0.383 e. The predicted molar refractivity (Wildman–Crippen MR) is 69.9 cm³/mol. The Morgan fingerprint density at radius 3 is 2.65 bits per heavy atom. The second-order valence-corrected chi connectivity index (χ2v) is 3.99. The minimum atomic E-state index is 0.510. The second kappa shape index (κ2) is 4.71. The molecule has 0 atom stereocenters. The smallest absolute Gasteiger partial charge is 0.146 e. The SMILES string of the molecule is CC.Cc1cn(C2CNC2)c2ncnc(N)c12. The van der Waals surface area contributed by atoms with Gasteiger partial charge < -0.3 is 15.6 Å². The Balaban J connectivity index is 0.000000514. The molecule has 92 valence electrons. The molecule has 0 bridgehead atoms. The van der Waals surface area contributed by atoms with Crippen molar-refractivity contribution in [3.05, 3.63) is 18.1 Å². The Bertz CT molecular complexity index is 513. The van der Waals surface area contributed by atoms with Crippen LogP contribution in [0.3, 0.4) is 0 Å². The Morgan fingerprint density at radius 2 is 2.06 bits per heavy atom. The first kappa shape index (κ1) is 11.9. The fraction of sp³-hybridized carbons (Fsp3) is 0.500. The number of hydrogen-bond acceptors (Lipinski definition) is 4. The quantitative estimate of drug-likeness (QED) is 0.783. The average molecular weight is 233 g/mol. The van der Waals surface area contributed by atoms with Crippen LogP contribution in [0.2, 0.25) is 0 Å². The number of anilines is 1. The number of aryl methyl sites for hydroxylation is 1. The van der Waals surface area contributed by atoms with E-state index in [1.807, 2.05) is 20.8 Å². The normalized spacial score (nSPS) is 15.2. The number of nitrogen functional groups attached to an aromatic ring is 1. The molecular weight excluding hydrogens is 214 g/mol. The minimum Gasteiger partial charge on any atom is -0.383 e. The number of fused-ring (bicyclic) bond motifs is 1. The molecule has 17 heavy (non-hydrogen) atoms. The molecule has 5 nitrogen and oxygen atoms in total. The summed E-state index contributed by atoms with van der Waals surface area (Å²) in [5.41, 5.74) is 7.95. The van der Waals surface area contributed by atoms with E-state index in [1.54, 1.807) is 0 Å². The predicted octanol–water partition coefficient (Wildman–Crippen LogP) is 1.49. The second-order valence-electron chi connectivity index (χ2n) is 3.99. The third-order valence-electron chi connectivity index (χ3n) is 2.98. The molecule has 0 spiro atoms. The van der Waals surface area contributed by atoms with Gasteiger partial charge in [-0.2, -0.15) is 0 Å². The van der Waals surface area contributed by atoms with E-state index in [9.17, 15) is 0 Å². The third kappa shape index (κ3) is 1.86. The van der Waals surface area contributed by atoms with E-state index >= 15 is 0 Å². The minimum absolute atomic E-state index is 0.510. The van der Waals surface area contributed by atoms with Crippen molar-refractivity contribution >= 4 is 16.9 Å². The van der Waals surface area contributed by atoms with E-state index in [-0.39, 0.29) is 0 Å². The monoisotopic (exact) mass is 233 g/mol. The molecule has 1 fully saturated rings. The summed E-state index contributed by atoms with van der Waals surface area (Å²) >= 11 is 0. The Labute approximate surface area is 101 Å². The first-order valence-corrected chi connectivity index (χ1v) is 6.05. The van der Waals surface area contributed by atoms with Crippen molar-refractivity contribution in [1.29, 1.82) is 0 Å². The molecule has 3 N–H and O–H groups in total. The van der Waals surface area contributed by atoms with Gasteiger partial charge in [0.25, 0.3) is 0 Å². The van der Waals surface area contributed by atoms with E-state index in [0.717, 1.165) is 29.7 Å². The van der Waals surface area contributed by atoms with Gasteiger partial charge in [0.1, 0.15) is 17.8 Å². The van der Waals surface area contributed by atoms with Crippen LogP contribution in [0.5, 0.6) is 0 Å². The molecule has 0 aliphatic carbocycles. The highest BCUT2D eigenvalue weighted by atomic mass is 15.2. The van der Waals surface area contributed by atoms with Crippen LogP contribution < -0.4 is 11.1 Å². The van der Waals surface area contributed by atoms with Gasteiger partial charge in [-0.15, -0.1) is 0 Å². The van der Waals surface area contributed by atoms with Crippen molar-refractivity contribution in [2.24, 2.45) is 0 Å². The Hall–Kier alpha value is -1.62. The number of aromatic nitrogens is 3. The molecule has 3 rings (SSSR count). The van der Waals surface area contributed by atoms with Gasteiger partial charge in [-0.05, 0) is 12.5 Å². The maximum atomic E-state index is 5.85. The number of nitrogens with zero attached hydrogens (tertiary/aromatic N) is 3. The zero-order chi connectivity index (χ0) is 12.4. The van der Waals surface area contributed by atoms with Crippen LogP contribution in [0.15, 0.2) is 12.5 Å². The maximum absolute atomic E-state index is 5.85. The van der Waals surface area contributed by atoms with E-state index in [1.165, 1.54) is 6.33 Å². The van der Waals surface area contributed by atoms with Crippen molar-refractivity contribution in [3.63, 3.8) is 0 Å². The first-order valence-electron chi connectivity index (χ1n) is 6.05. The molecule has 3 heterocycles. The molecule has 0 aromatic carbocycles. The topological polar surface area (TPSA) is 68.8 Å². The number of nitrogens with two attached hydrogens (primary N) is 1. The van der Waals surface area contributed by atoms with Crippen molar-refractivity contribution < 1.29 is 0 Å². The first-order chi connectivity index (χ1) is 8.27. The molecular formula is C12H19N5. The van der Waals surface area contributed by atoms with Crippen LogP contribution >= 0.6 is 0 Å². The summed E-state index contributed by atoms with van der Waals surface area (Å²) < 4.78 is 2.19. The lowest BCUT2D eigenvalue weighted by Crippen LogP contribution is -2.43. The molecule has 2 aromatic rings. The molecule has 1 aliphatic heterocycles. The van der Waals surface area contributed by atoms with Crippen molar-refractivity contribution in [2.45, 2.75) is 26.8 Å². The highest BCUT2D eigenvalue weighted by Gasteiger charge is 2.22. The van der Waals surface area contributed by atoms with Crippen molar-refractivity contribution in [1.82, 2.24) is 19.9 Å². The van der Waals surface area contributed by atoms with Gasteiger partial charge in [-0.1, -0.05) is 13.8 Å². The molecule has 5 heteroatoms. The maximum Gasteiger partial charge on any atom is 0.146 e. The summed E-state index contributed by atoms with van der Waals surface area (Å²) in [6.07, 6.45) is 3.64. The van der Waals surface area contributed by atoms with Gasteiger partial charge in [0, 0.05) is 19.3 Å². The van der Waals surface area contributed by atoms with E-state index < -0.39 is 0 Å².